The van der Waals surface area contributed by atoms with E-state index >= 15 is 0 Å². The van der Waals surface area contributed by atoms with Gasteiger partial charge in [-0.05, 0) is 206 Å². The smallest absolute Gasteiger partial charge is 0.252 e. The largest absolute Gasteiger partial charge is 0.334 e. The molecule has 0 spiro atoms. The molecule has 0 bridgehead atoms. The molecule has 3 nitrogen and oxygen atoms in total. The zero-order valence-corrected chi connectivity index (χ0v) is 52.5. The zero-order chi connectivity index (χ0) is 58.0. The third kappa shape index (κ3) is 8.56. The molecule has 0 N–H and O–H groups in total. The van der Waals surface area contributed by atoms with Crippen LogP contribution in [-0.2, 0) is 34.5 Å². The number of nitrogens with zero attached hydrogens (tertiary/aromatic N) is 3. The Morgan fingerprint density at radius 1 is 0.463 bits per heavy atom. The van der Waals surface area contributed by atoms with E-state index in [1.54, 1.807) is 0 Å². The first-order valence-electron chi connectivity index (χ1n) is 30.9. The first kappa shape index (κ1) is 54.5. The van der Waals surface area contributed by atoms with Gasteiger partial charge in [-0.1, -0.05) is 201 Å². The van der Waals surface area contributed by atoms with Gasteiger partial charge in [0, 0.05) is 50.7 Å². The van der Waals surface area contributed by atoms with Crippen LogP contribution in [0, 0.1) is 23.7 Å². The van der Waals surface area contributed by atoms with Crippen molar-refractivity contribution >= 4 is 68.6 Å². The van der Waals surface area contributed by atoms with Crippen molar-refractivity contribution in [1.29, 1.82) is 0 Å². The second kappa shape index (κ2) is 18.4. The van der Waals surface area contributed by atoms with E-state index < -0.39 is 0 Å². The molecule has 0 amide bonds. The van der Waals surface area contributed by atoms with Crippen LogP contribution in [-0.4, -0.2) is 12.3 Å². The lowest BCUT2D eigenvalue weighted by Gasteiger charge is -2.54. The van der Waals surface area contributed by atoms with Gasteiger partial charge in [0.25, 0.3) is 6.71 Å². The number of hydrogen-bond donors (Lipinski definition) is 0. The number of hydrogen-bond acceptors (Lipinski definition) is 3. The van der Waals surface area contributed by atoms with Crippen molar-refractivity contribution in [2.45, 2.75) is 177 Å². The molecule has 2 aliphatic carbocycles. The summed E-state index contributed by atoms with van der Waals surface area (Å²) in [7, 11) is 0. The number of rotatable bonds is 5. The lowest BCUT2D eigenvalue weighted by molar-refractivity contribution is 0.0786. The van der Waals surface area contributed by atoms with Crippen LogP contribution in [0.25, 0.3) is 22.3 Å². The Kier molecular flexibility index (Phi) is 12.2. The van der Waals surface area contributed by atoms with Crippen LogP contribution in [0.3, 0.4) is 0 Å². The van der Waals surface area contributed by atoms with Gasteiger partial charge >= 0.3 is 0 Å². The highest BCUT2D eigenvalue weighted by molar-refractivity contribution is 7.00. The molecule has 1 fully saturated rings. The van der Waals surface area contributed by atoms with E-state index in [4.69, 9.17) is 0 Å². The van der Waals surface area contributed by atoms with Crippen molar-refractivity contribution in [3.05, 3.63) is 197 Å². The number of fused-ring (bicyclic) bond motifs is 8. The number of anilines is 8. The molecule has 8 aromatic carbocycles. The monoisotopic (exact) mass is 1080 g/mol. The van der Waals surface area contributed by atoms with Gasteiger partial charge in [0.05, 0.1) is 16.9 Å². The highest BCUT2D eigenvalue weighted by Crippen LogP contribution is 2.64. The maximum absolute atomic E-state index is 2.84. The molecule has 1 saturated carbocycles. The molecule has 0 aromatic heterocycles. The Hall–Kier alpha value is -6.78. The van der Waals surface area contributed by atoms with Crippen LogP contribution in [0.2, 0.25) is 0 Å². The van der Waals surface area contributed by atoms with E-state index in [1.807, 2.05) is 0 Å². The standard InChI is InChI=1S/C78H88BN3/c1-49-38-69-71-70(39-49)81(65-34-29-55(73(5,6)7)43-60(65)51-26-22-19-23-27-51)68-45-58(82-66-35-30-56(74(8,9)10)44-61(66)77(16)48-57(75(11,12)13)36-37-78(77,82)17)31-32-62(68)79(71)63-40-52-46-76(14,15)47-53(52)41-67(63)80(69)64-33-28-54(72(2,3)4)42-59(64)50-24-20-18-21-25-50/h18-35,38-45,57H,36-37,46-48H2,1-17H3. The summed E-state index contributed by atoms with van der Waals surface area (Å²) in [6, 6.07) is 62.7. The van der Waals surface area contributed by atoms with Gasteiger partial charge in [-0.2, -0.15) is 0 Å². The molecule has 8 aromatic rings. The summed E-state index contributed by atoms with van der Waals surface area (Å²) in [5.74, 6) is 0.621. The predicted octanol–water partition coefficient (Wildman–Crippen LogP) is 19.4. The van der Waals surface area contributed by atoms with Gasteiger partial charge in [0.1, 0.15) is 0 Å². The van der Waals surface area contributed by atoms with Crippen molar-refractivity contribution < 1.29 is 0 Å². The average molecular weight is 1080 g/mol. The van der Waals surface area contributed by atoms with Crippen LogP contribution in [0.1, 0.15) is 169 Å². The van der Waals surface area contributed by atoms with Crippen LogP contribution >= 0.6 is 0 Å². The first-order chi connectivity index (χ1) is 38.5. The summed E-state index contributed by atoms with van der Waals surface area (Å²) in [6.07, 6.45) is 5.64. The summed E-state index contributed by atoms with van der Waals surface area (Å²) in [5.41, 5.74) is 29.2. The van der Waals surface area contributed by atoms with Crippen molar-refractivity contribution in [2.75, 3.05) is 14.7 Å². The zero-order valence-electron chi connectivity index (χ0n) is 52.5. The fraction of sp³-hybridized carbons (Fsp3) is 0.385. The summed E-state index contributed by atoms with van der Waals surface area (Å²) >= 11 is 0. The van der Waals surface area contributed by atoms with E-state index in [-0.39, 0.29) is 44.7 Å². The van der Waals surface area contributed by atoms with E-state index in [0.717, 1.165) is 19.3 Å². The second-order valence-corrected chi connectivity index (χ2v) is 31.2. The Labute approximate surface area is 493 Å². The molecule has 5 aliphatic rings. The van der Waals surface area contributed by atoms with Gasteiger partial charge < -0.3 is 14.7 Å². The lowest BCUT2D eigenvalue weighted by Crippen LogP contribution is -2.61. The summed E-state index contributed by atoms with van der Waals surface area (Å²) < 4.78 is 0. The lowest BCUT2D eigenvalue weighted by atomic mass is 9.33. The molecule has 418 valence electrons. The van der Waals surface area contributed by atoms with Crippen molar-refractivity contribution in [1.82, 2.24) is 0 Å². The minimum atomic E-state index is -0.156. The quantitative estimate of drug-likeness (QED) is 0.159. The van der Waals surface area contributed by atoms with Gasteiger partial charge in [0.15, 0.2) is 0 Å². The molecule has 13 rings (SSSR count). The molecular formula is C78H88BN3. The van der Waals surface area contributed by atoms with Crippen LogP contribution in [0.5, 0.6) is 0 Å². The maximum atomic E-state index is 2.84. The van der Waals surface area contributed by atoms with Crippen molar-refractivity contribution in [3.8, 4) is 22.3 Å². The van der Waals surface area contributed by atoms with E-state index in [9.17, 15) is 0 Å². The van der Waals surface area contributed by atoms with E-state index in [1.165, 1.54) is 136 Å². The van der Waals surface area contributed by atoms with Crippen LogP contribution < -0.4 is 31.1 Å². The highest BCUT2D eigenvalue weighted by Gasteiger charge is 2.61. The molecule has 0 saturated heterocycles. The molecule has 3 atom stereocenters. The molecular weight excluding hydrogens is 990 g/mol. The fourth-order valence-electron chi connectivity index (χ4n) is 15.8. The van der Waals surface area contributed by atoms with E-state index in [0.29, 0.717) is 5.92 Å². The van der Waals surface area contributed by atoms with Gasteiger partial charge in [-0.3, -0.25) is 0 Å². The topological polar surface area (TPSA) is 9.72 Å². The molecule has 82 heavy (non-hydrogen) atoms. The molecule has 3 aliphatic heterocycles. The Morgan fingerprint density at radius 3 is 1.46 bits per heavy atom. The van der Waals surface area contributed by atoms with Crippen molar-refractivity contribution in [3.63, 3.8) is 0 Å². The minimum absolute atomic E-state index is 0.0162. The number of aryl methyl sites for hydroxylation is 1. The average Bonchev–Trinajstić information content (AvgIpc) is 1.49. The molecule has 4 heteroatoms. The van der Waals surface area contributed by atoms with Gasteiger partial charge in [-0.25, -0.2) is 0 Å². The highest BCUT2D eigenvalue weighted by atomic mass is 15.3. The normalized spacial score (nSPS) is 20.7. The van der Waals surface area contributed by atoms with Crippen LogP contribution in [0.15, 0.2) is 158 Å². The minimum Gasteiger partial charge on any atom is -0.334 e. The maximum Gasteiger partial charge on any atom is 0.252 e. The molecule has 3 heterocycles. The van der Waals surface area contributed by atoms with Gasteiger partial charge in [-0.15, -0.1) is 0 Å². The Morgan fingerprint density at radius 2 is 0.951 bits per heavy atom. The summed E-state index contributed by atoms with van der Waals surface area (Å²) in [6.45, 7) is 41.2. The first-order valence-corrected chi connectivity index (χ1v) is 30.9. The van der Waals surface area contributed by atoms with Crippen molar-refractivity contribution in [2.24, 2.45) is 16.7 Å². The Bertz CT molecular complexity index is 3870. The van der Waals surface area contributed by atoms with Gasteiger partial charge in [0.2, 0.25) is 0 Å². The third-order valence-corrected chi connectivity index (χ3v) is 20.7. The molecule has 3 unspecified atom stereocenters. The Balaban J connectivity index is 1.12. The number of benzene rings is 8. The SMILES string of the molecule is Cc1cc2c3c(c1)N(c1ccc(C(C)(C)C)cc1-c1ccccc1)c1cc4c(cc1B3c1ccc(N3c5ccc(C(C)(C)C)cc5C5(C)CC(C(C)(C)C)CCC35C)cc1N2c1ccc(C(C)(C)C)cc1-c1ccccc1)CC(C)(C)C4. The van der Waals surface area contributed by atoms with E-state index in [2.05, 4.69) is 290 Å². The summed E-state index contributed by atoms with van der Waals surface area (Å²) in [5, 5.41) is 0. The van der Waals surface area contributed by atoms with Crippen LogP contribution in [0.4, 0.5) is 45.5 Å². The summed E-state index contributed by atoms with van der Waals surface area (Å²) in [4.78, 5) is 8.25. The third-order valence-electron chi connectivity index (χ3n) is 20.7. The fourth-order valence-corrected chi connectivity index (χ4v) is 15.8. The second-order valence-electron chi connectivity index (χ2n) is 31.2. The molecule has 0 radical (unpaired) electrons. The predicted molar refractivity (Wildman–Crippen MR) is 354 cm³/mol.